The molecular formula is C32H39NO5. The molecule has 202 valence electrons. The summed E-state index contributed by atoms with van der Waals surface area (Å²) in [6.07, 6.45) is -0.598. The van der Waals surface area contributed by atoms with Crippen molar-refractivity contribution < 1.29 is 23.7 Å². The van der Waals surface area contributed by atoms with Crippen LogP contribution in [0.1, 0.15) is 16.7 Å². The van der Waals surface area contributed by atoms with Gasteiger partial charge in [-0.15, -0.1) is 0 Å². The van der Waals surface area contributed by atoms with Crippen LogP contribution in [0.3, 0.4) is 0 Å². The predicted octanol–water partition coefficient (Wildman–Crippen LogP) is 4.72. The van der Waals surface area contributed by atoms with Gasteiger partial charge < -0.3 is 23.7 Å². The molecule has 4 atom stereocenters. The third-order valence-electron chi connectivity index (χ3n) is 7.24. The molecule has 3 aromatic rings. The summed E-state index contributed by atoms with van der Waals surface area (Å²) in [4.78, 5) is 2.46. The molecule has 0 unspecified atom stereocenters. The Labute approximate surface area is 226 Å². The zero-order valence-electron chi connectivity index (χ0n) is 22.0. The van der Waals surface area contributed by atoms with Crippen LogP contribution in [0.15, 0.2) is 91.0 Å². The average molecular weight is 518 g/mol. The summed E-state index contributed by atoms with van der Waals surface area (Å²) in [5, 5.41) is 0. The lowest BCUT2D eigenvalue weighted by atomic mass is 9.91. The second-order valence-corrected chi connectivity index (χ2v) is 10.1. The molecule has 2 saturated heterocycles. The fourth-order valence-electron chi connectivity index (χ4n) is 5.17. The number of morpholine rings is 1. The number of ether oxygens (including phenoxy) is 5. The van der Waals surface area contributed by atoms with E-state index in [0.717, 1.165) is 49.5 Å². The molecule has 6 nitrogen and oxygen atoms in total. The first-order valence-corrected chi connectivity index (χ1v) is 13.7. The number of rotatable bonds is 12. The normalized spacial score (nSPS) is 24.3. The first-order valence-electron chi connectivity index (χ1n) is 13.7. The van der Waals surface area contributed by atoms with E-state index in [1.807, 2.05) is 42.5 Å². The van der Waals surface area contributed by atoms with E-state index in [4.69, 9.17) is 23.7 Å². The maximum absolute atomic E-state index is 6.70. The van der Waals surface area contributed by atoms with Gasteiger partial charge in [-0.25, -0.2) is 0 Å². The van der Waals surface area contributed by atoms with Crippen molar-refractivity contribution >= 4 is 0 Å². The minimum Gasteiger partial charge on any atom is -0.379 e. The van der Waals surface area contributed by atoms with E-state index < -0.39 is 0 Å². The molecule has 38 heavy (non-hydrogen) atoms. The third-order valence-corrected chi connectivity index (χ3v) is 7.24. The molecule has 0 amide bonds. The highest BCUT2D eigenvalue weighted by Crippen LogP contribution is 2.29. The van der Waals surface area contributed by atoms with E-state index in [-0.39, 0.29) is 24.2 Å². The molecule has 0 spiro atoms. The van der Waals surface area contributed by atoms with Gasteiger partial charge in [-0.3, -0.25) is 4.90 Å². The molecule has 0 aromatic heterocycles. The number of nitrogens with zero attached hydrogens (tertiary/aromatic N) is 1. The Hall–Kier alpha value is -2.58. The fourth-order valence-corrected chi connectivity index (χ4v) is 5.17. The van der Waals surface area contributed by atoms with E-state index in [9.17, 15) is 0 Å². The minimum atomic E-state index is -0.255. The molecule has 6 heteroatoms. The van der Waals surface area contributed by atoms with E-state index in [1.54, 1.807) is 0 Å². The van der Waals surface area contributed by atoms with Gasteiger partial charge in [0.1, 0.15) is 12.2 Å². The Morgan fingerprint density at radius 1 is 0.658 bits per heavy atom. The summed E-state index contributed by atoms with van der Waals surface area (Å²) in [5.74, 6) is 0.183. The maximum atomic E-state index is 6.70. The van der Waals surface area contributed by atoms with Crippen LogP contribution in [0.4, 0.5) is 0 Å². The van der Waals surface area contributed by atoms with Crippen molar-refractivity contribution in [2.75, 3.05) is 46.1 Å². The Bertz CT molecular complexity index is 1050. The monoisotopic (exact) mass is 517 g/mol. The molecule has 0 N–H and O–H groups in total. The second-order valence-electron chi connectivity index (χ2n) is 10.1. The van der Waals surface area contributed by atoms with Crippen LogP contribution in [-0.2, 0) is 43.5 Å². The summed E-state index contributed by atoms with van der Waals surface area (Å²) in [6.45, 7) is 6.94. The van der Waals surface area contributed by atoms with E-state index in [1.165, 1.54) is 0 Å². The molecule has 5 rings (SSSR count). The highest BCUT2D eigenvalue weighted by molar-refractivity contribution is 5.15. The quantitative estimate of drug-likeness (QED) is 0.347. The lowest BCUT2D eigenvalue weighted by molar-refractivity contribution is -0.222. The van der Waals surface area contributed by atoms with Crippen molar-refractivity contribution in [3.05, 3.63) is 108 Å². The Kier molecular flexibility index (Phi) is 10.3. The molecular weight excluding hydrogens is 478 g/mol. The smallest absolute Gasteiger partial charge is 0.113 e. The Balaban J connectivity index is 1.32. The standard InChI is InChI=1S/C32H39NO5/c1-4-10-26(11-5-1)21-35-25-30-32(38-23-28-14-8-3-9-15-28)31(37-22-27-12-6-2-7-13-27)29(24-36-30)20-33-16-18-34-19-17-33/h1-15,29-32H,16-25H2/t29-,30-,31-,32+/m1/s1. The summed E-state index contributed by atoms with van der Waals surface area (Å²) in [5.41, 5.74) is 3.43. The van der Waals surface area contributed by atoms with Crippen molar-refractivity contribution in [3.8, 4) is 0 Å². The van der Waals surface area contributed by atoms with Gasteiger partial charge in [0.2, 0.25) is 0 Å². The van der Waals surface area contributed by atoms with E-state index in [2.05, 4.69) is 53.4 Å². The van der Waals surface area contributed by atoms with Crippen molar-refractivity contribution in [3.63, 3.8) is 0 Å². The first-order chi connectivity index (χ1) is 18.8. The average Bonchev–Trinajstić information content (AvgIpc) is 2.98. The zero-order valence-corrected chi connectivity index (χ0v) is 22.0. The number of hydrogen-bond acceptors (Lipinski definition) is 6. The molecule has 2 heterocycles. The highest BCUT2D eigenvalue weighted by Gasteiger charge is 2.43. The third kappa shape index (κ3) is 7.96. The van der Waals surface area contributed by atoms with Crippen molar-refractivity contribution in [1.82, 2.24) is 4.90 Å². The zero-order chi connectivity index (χ0) is 25.8. The van der Waals surface area contributed by atoms with E-state index >= 15 is 0 Å². The van der Waals surface area contributed by atoms with E-state index in [0.29, 0.717) is 33.0 Å². The molecule has 0 radical (unpaired) electrons. The van der Waals surface area contributed by atoms with Gasteiger partial charge in [-0.05, 0) is 16.7 Å². The maximum Gasteiger partial charge on any atom is 0.113 e. The molecule has 0 aliphatic carbocycles. The van der Waals surface area contributed by atoms with Crippen LogP contribution in [0, 0.1) is 5.92 Å². The van der Waals surface area contributed by atoms with Gasteiger partial charge in [0.05, 0.1) is 52.4 Å². The highest BCUT2D eigenvalue weighted by atomic mass is 16.6. The van der Waals surface area contributed by atoms with Gasteiger partial charge >= 0.3 is 0 Å². The van der Waals surface area contributed by atoms with Crippen molar-refractivity contribution in [1.29, 1.82) is 0 Å². The fraction of sp³-hybridized carbons (Fsp3) is 0.438. The van der Waals surface area contributed by atoms with Crippen LogP contribution in [0.2, 0.25) is 0 Å². The SMILES string of the molecule is c1ccc(COC[C@H]2OC[C@@H](CN3CCOCC3)[C@@H](OCc3ccccc3)[C@H]2OCc2ccccc2)cc1. The summed E-state index contributed by atoms with van der Waals surface area (Å²) >= 11 is 0. The minimum absolute atomic E-state index is 0.124. The summed E-state index contributed by atoms with van der Waals surface area (Å²) in [7, 11) is 0. The molecule has 2 aliphatic rings. The van der Waals surface area contributed by atoms with Crippen LogP contribution in [0.5, 0.6) is 0 Å². The molecule has 2 fully saturated rings. The first kappa shape index (κ1) is 27.0. The lowest BCUT2D eigenvalue weighted by Gasteiger charge is -2.44. The van der Waals surface area contributed by atoms with Crippen LogP contribution in [0.25, 0.3) is 0 Å². The summed E-state index contributed by atoms with van der Waals surface area (Å²) in [6, 6.07) is 30.9. The largest absolute Gasteiger partial charge is 0.379 e. The molecule has 2 aliphatic heterocycles. The van der Waals surface area contributed by atoms with Crippen molar-refractivity contribution in [2.24, 2.45) is 5.92 Å². The molecule has 0 saturated carbocycles. The van der Waals surface area contributed by atoms with Crippen LogP contribution < -0.4 is 0 Å². The van der Waals surface area contributed by atoms with Gasteiger partial charge in [0, 0.05) is 25.6 Å². The van der Waals surface area contributed by atoms with Crippen molar-refractivity contribution in [2.45, 2.75) is 38.1 Å². The van der Waals surface area contributed by atoms with Crippen LogP contribution in [-0.4, -0.2) is 69.3 Å². The lowest BCUT2D eigenvalue weighted by Crippen LogP contribution is -2.57. The topological polar surface area (TPSA) is 49.4 Å². The van der Waals surface area contributed by atoms with Gasteiger partial charge in [-0.2, -0.15) is 0 Å². The predicted molar refractivity (Wildman–Crippen MR) is 147 cm³/mol. The number of benzene rings is 3. The summed E-state index contributed by atoms with van der Waals surface area (Å²) < 4.78 is 31.5. The number of hydrogen-bond donors (Lipinski definition) is 0. The Morgan fingerprint density at radius 3 is 1.76 bits per heavy atom. The van der Waals surface area contributed by atoms with Crippen LogP contribution >= 0.6 is 0 Å². The van der Waals surface area contributed by atoms with Gasteiger partial charge in [-0.1, -0.05) is 91.0 Å². The Morgan fingerprint density at radius 2 is 1.18 bits per heavy atom. The van der Waals surface area contributed by atoms with Gasteiger partial charge in [0.15, 0.2) is 0 Å². The molecule has 0 bridgehead atoms. The second kappa shape index (κ2) is 14.5. The van der Waals surface area contributed by atoms with Gasteiger partial charge in [0.25, 0.3) is 0 Å². The molecule has 3 aromatic carbocycles.